The highest BCUT2D eigenvalue weighted by Crippen LogP contribution is 2.11. The van der Waals surface area contributed by atoms with Gasteiger partial charge in [0, 0.05) is 5.56 Å². The highest BCUT2D eigenvalue weighted by atomic mass is 19.1. The van der Waals surface area contributed by atoms with Gasteiger partial charge in [0.15, 0.2) is 0 Å². The summed E-state index contributed by atoms with van der Waals surface area (Å²) in [6.07, 6.45) is 1.29. The summed E-state index contributed by atoms with van der Waals surface area (Å²) in [5.41, 5.74) is 0.301. The van der Waals surface area contributed by atoms with Crippen LogP contribution in [0.1, 0.15) is 5.56 Å². The highest BCUT2D eigenvalue weighted by molar-refractivity contribution is 6.13. The van der Waals surface area contributed by atoms with Gasteiger partial charge in [-0.05, 0) is 12.1 Å². The van der Waals surface area contributed by atoms with Gasteiger partial charge in [0.25, 0.3) is 5.91 Å². The summed E-state index contributed by atoms with van der Waals surface area (Å²) in [4.78, 5) is 21.9. The molecular formula is C10H7FN2O2. The number of benzene rings is 1. The number of imide groups is 1. The first-order chi connectivity index (χ1) is 7.16. The normalized spacial score (nSPS) is 17.8. The number of rotatable bonds is 1. The van der Waals surface area contributed by atoms with Crippen molar-refractivity contribution in [1.82, 2.24) is 10.6 Å². The van der Waals surface area contributed by atoms with Crippen molar-refractivity contribution in [1.29, 1.82) is 0 Å². The summed E-state index contributed by atoms with van der Waals surface area (Å²) in [5.74, 6) is -0.998. The molecule has 5 heteroatoms. The monoisotopic (exact) mass is 206 g/mol. The van der Waals surface area contributed by atoms with Crippen molar-refractivity contribution in [3.8, 4) is 0 Å². The fraction of sp³-hybridized carbons (Fsp3) is 0. The average molecular weight is 206 g/mol. The van der Waals surface area contributed by atoms with E-state index in [0.29, 0.717) is 0 Å². The smallest absolute Gasteiger partial charge is 0.303 e. The third-order valence-corrected chi connectivity index (χ3v) is 1.92. The Hall–Kier alpha value is -2.17. The number of urea groups is 1. The van der Waals surface area contributed by atoms with E-state index in [4.69, 9.17) is 0 Å². The molecule has 1 saturated heterocycles. The molecule has 1 aliphatic rings. The van der Waals surface area contributed by atoms with Gasteiger partial charge in [0.05, 0.1) is 0 Å². The van der Waals surface area contributed by atoms with Crippen LogP contribution in [-0.4, -0.2) is 11.9 Å². The number of nitrogens with one attached hydrogen (secondary N) is 2. The number of carbonyl (C=O) groups excluding carboxylic acids is 2. The van der Waals surface area contributed by atoms with Crippen LogP contribution in [0.2, 0.25) is 0 Å². The van der Waals surface area contributed by atoms with E-state index in [2.05, 4.69) is 5.32 Å². The highest BCUT2D eigenvalue weighted by Gasteiger charge is 2.22. The molecule has 0 unspecified atom stereocenters. The van der Waals surface area contributed by atoms with Crippen LogP contribution in [0.25, 0.3) is 6.08 Å². The van der Waals surface area contributed by atoms with Crippen LogP contribution in [0.4, 0.5) is 9.18 Å². The Labute approximate surface area is 84.8 Å². The quantitative estimate of drug-likeness (QED) is 0.532. The van der Waals surface area contributed by atoms with Crippen LogP contribution in [0.3, 0.4) is 0 Å². The molecule has 1 aliphatic heterocycles. The minimum atomic E-state index is -0.595. The van der Waals surface area contributed by atoms with Crippen molar-refractivity contribution < 1.29 is 14.0 Å². The molecule has 0 spiro atoms. The van der Waals surface area contributed by atoms with Gasteiger partial charge < -0.3 is 5.32 Å². The first kappa shape index (κ1) is 9.39. The van der Waals surface area contributed by atoms with Crippen molar-refractivity contribution in [2.75, 3.05) is 0 Å². The Morgan fingerprint density at radius 3 is 2.47 bits per heavy atom. The van der Waals surface area contributed by atoms with Gasteiger partial charge in [-0.25, -0.2) is 9.18 Å². The first-order valence-electron chi connectivity index (χ1n) is 4.25. The Kier molecular flexibility index (Phi) is 2.21. The number of amides is 3. The molecule has 2 N–H and O–H groups in total. The lowest BCUT2D eigenvalue weighted by Crippen LogP contribution is -2.22. The van der Waals surface area contributed by atoms with E-state index >= 15 is 0 Å². The number of carbonyl (C=O) groups is 2. The van der Waals surface area contributed by atoms with E-state index in [1.54, 1.807) is 12.1 Å². The Bertz CT molecular complexity index is 468. The molecule has 2 rings (SSSR count). The van der Waals surface area contributed by atoms with E-state index < -0.39 is 17.8 Å². The molecule has 3 amide bonds. The summed E-state index contributed by atoms with van der Waals surface area (Å²) in [6, 6.07) is 5.39. The Balaban J connectivity index is 2.35. The second-order valence-corrected chi connectivity index (χ2v) is 2.99. The van der Waals surface area contributed by atoms with Crippen molar-refractivity contribution in [2.45, 2.75) is 0 Å². The maximum atomic E-state index is 13.2. The fourth-order valence-corrected chi connectivity index (χ4v) is 1.23. The van der Waals surface area contributed by atoms with Crippen LogP contribution in [0, 0.1) is 5.82 Å². The largest absolute Gasteiger partial charge is 0.326 e. The van der Waals surface area contributed by atoms with Crippen LogP contribution in [-0.2, 0) is 4.79 Å². The zero-order chi connectivity index (χ0) is 10.8. The average Bonchev–Trinajstić information content (AvgIpc) is 2.49. The lowest BCUT2D eigenvalue weighted by molar-refractivity contribution is -0.115. The summed E-state index contributed by atoms with van der Waals surface area (Å²) in [5, 5.41) is 4.30. The van der Waals surface area contributed by atoms with Crippen LogP contribution < -0.4 is 10.6 Å². The molecule has 1 aromatic rings. The second-order valence-electron chi connectivity index (χ2n) is 2.99. The summed E-state index contributed by atoms with van der Waals surface area (Å²) < 4.78 is 13.2. The van der Waals surface area contributed by atoms with Crippen LogP contribution in [0.5, 0.6) is 0 Å². The molecule has 0 aliphatic carbocycles. The van der Waals surface area contributed by atoms with E-state index in [-0.39, 0.29) is 11.3 Å². The SMILES string of the molecule is O=C1NC(=O)/C(=C\c2ccccc2F)N1. The predicted octanol–water partition coefficient (Wildman–Crippen LogP) is 1.01. The molecule has 1 aromatic carbocycles. The molecule has 15 heavy (non-hydrogen) atoms. The zero-order valence-electron chi connectivity index (χ0n) is 7.58. The van der Waals surface area contributed by atoms with Gasteiger partial charge in [0.2, 0.25) is 0 Å². The van der Waals surface area contributed by atoms with Gasteiger partial charge in [0.1, 0.15) is 11.5 Å². The molecule has 1 fully saturated rings. The van der Waals surface area contributed by atoms with Gasteiger partial charge in [-0.3, -0.25) is 10.1 Å². The maximum Gasteiger partial charge on any atom is 0.326 e. The van der Waals surface area contributed by atoms with Crippen molar-refractivity contribution in [2.24, 2.45) is 0 Å². The van der Waals surface area contributed by atoms with Gasteiger partial charge >= 0.3 is 6.03 Å². The summed E-state index contributed by atoms with van der Waals surface area (Å²) in [7, 11) is 0. The molecule has 0 bridgehead atoms. The lowest BCUT2D eigenvalue weighted by Gasteiger charge is -1.97. The summed E-state index contributed by atoms with van der Waals surface area (Å²) >= 11 is 0. The fourth-order valence-electron chi connectivity index (χ4n) is 1.23. The standard InChI is InChI=1S/C10H7FN2O2/c11-7-4-2-1-3-6(7)5-8-9(14)13-10(15)12-8/h1-5H,(H2,12,13,14,15)/b8-5+. The zero-order valence-corrected chi connectivity index (χ0v) is 7.58. The second kappa shape index (κ2) is 3.53. The number of hydrogen-bond donors (Lipinski definition) is 2. The van der Waals surface area contributed by atoms with Gasteiger partial charge in [-0.15, -0.1) is 0 Å². The molecule has 76 valence electrons. The van der Waals surface area contributed by atoms with E-state index in [9.17, 15) is 14.0 Å². The first-order valence-corrected chi connectivity index (χ1v) is 4.25. The van der Waals surface area contributed by atoms with Gasteiger partial charge in [-0.2, -0.15) is 0 Å². The Morgan fingerprint density at radius 1 is 1.13 bits per heavy atom. The lowest BCUT2D eigenvalue weighted by atomic mass is 10.2. The third-order valence-electron chi connectivity index (χ3n) is 1.92. The number of hydrogen-bond acceptors (Lipinski definition) is 2. The predicted molar refractivity (Wildman–Crippen MR) is 51.1 cm³/mol. The molecule has 0 saturated carbocycles. The minimum absolute atomic E-state index is 0.0464. The topological polar surface area (TPSA) is 58.2 Å². The molecule has 0 radical (unpaired) electrons. The molecule has 0 aromatic heterocycles. The molecule has 1 heterocycles. The van der Waals surface area contributed by atoms with E-state index in [0.717, 1.165) is 0 Å². The van der Waals surface area contributed by atoms with Crippen molar-refractivity contribution in [3.05, 3.63) is 41.3 Å². The van der Waals surface area contributed by atoms with E-state index in [1.807, 2.05) is 5.32 Å². The summed E-state index contributed by atoms with van der Waals surface area (Å²) in [6.45, 7) is 0. The minimum Gasteiger partial charge on any atom is -0.303 e. The van der Waals surface area contributed by atoms with Crippen LogP contribution >= 0.6 is 0 Å². The van der Waals surface area contributed by atoms with Gasteiger partial charge in [-0.1, -0.05) is 18.2 Å². The van der Waals surface area contributed by atoms with Crippen molar-refractivity contribution >= 4 is 18.0 Å². The van der Waals surface area contributed by atoms with E-state index in [1.165, 1.54) is 18.2 Å². The molecular weight excluding hydrogens is 199 g/mol. The molecule has 4 nitrogen and oxygen atoms in total. The molecule has 0 atom stereocenters. The van der Waals surface area contributed by atoms with Crippen LogP contribution in [0.15, 0.2) is 30.0 Å². The number of halogens is 1. The Morgan fingerprint density at radius 2 is 1.87 bits per heavy atom. The van der Waals surface area contributed by atoms with Crippen molar-refractivity contribution in [3.63, 3.8) is 0 Å². The third kappa shape index (κ3) is 1.85. The maximum absolute atomic E-state index is 13.2.